The molecule has 9 heteroatoms. The van der Waals surface area contributed by atoms with Gasteiger partial charge in [-0.2, -0.15) is 5.10 Å². The highest BCUT2D eigenvalue weighted by Crippen LogP contribution is 2.27. The molecule has 0 radical (unpaired) electrons. The van der Waals surface area contributed by atoms with Crippen LogP contribution in [0.2, 0.25) is 0 Å². The molecule has 0 aliphatic rings. The van der Waals surface area contributed by atoms with E-state index in [0.29, 0.717) is 25.5 Å². The minimum absolute atomic E-state index is 0.0320. The Labute approximate surface area is 214 Å². The second kappa shape index (κ2) is 11.3. The summed E-state index contributed by atoms with van der Waals surface area (Å²) in [6.07, 6.45) is 4.81. The summed E-state index contributed by atoms with van der Waals surface area (Å²) >= 11 is 0. The van der Waals surface area contributed by atoms with Crippen LogP contribution >= 0.6 is 0 Å². The van der Waals surface area contributed by atoms with Gasteiger partial charge in [0.15, 0.2) is 5.71 Å². The van der Waals surface area contributed by atoms with E-state index in [9.17, 15) is 9.59 Å². The second-order valence-corrected chi connectivity index (χ2v) is 8.74. The quantitative estimate of drug-likeness (QED) is 0.196. The number of nitrogens with one attached hydrogen (secondary N) is 1. The molecule has 188 valence electrons. The highest BCUT2D eigenvalue weighted by atomic mass is 16.2. The Morgan fingerprint density at radius 3 is 2.57 bits per heavy atom. The Hall–Kier alpha value is -4.79. The van der Waals surface area contributed by atoms with Gasteiger partial charge in [0, 0.05) is 30.4 Å². The smallest absolute Gasteiger partial charge is 0.273 e. The number of hydrazone groups is 1. The van der Waals surface area contributed by atoms with Gasteiger partial charge in [-0.25, -0.2) is 4.98 Å². The first kappa shape index (κ1) is 25.3. The van der Waals surface area contributed by atoms with Gasteiger partial charge < -0.3 is 21.5 Å². The van der Waals surface area contributed by atoms with Crippen LogP contribution in [-0.2, 0) is 24.4 Å². The Bertz CT molecular complexity index is 1550. The van der Waals surface area contributed by atoms with Crippen LogP contribution in [0.1, 0.15) is 27.8 Å². The van der Waals surface area contributed by atoms with E-state index in [1.54, 1.807) is 23.0 Å². The third kappa shape index (κ3) is 5.90. The molecule has 2 aromatic carbocycles. The molecule has 0 bridgehead atoms. The predicted molar refractivity (Wildman–Crippen MR) is 148 cm³/mol. The summed E-state index contributed by atoms with van der Waals surface area (Å²) in [5.74, 6) is 5.53. The van der Waals surface area contributed by atoms with Crippen molar-refractivity contribution in [3.8, 4) is 0 Å². The van der Waals surface area contributed by atoms with Crippen LogP contribution < -0.4 is 22.5 Å². The summed E-state index contributed by atoms with van der Waals surface area (Å²) in [4.78, 5) is 33.1. The summed E-state index contributed by atoms with van der Waals surface area (Å²) in [5.41, 5.74) is 11.0. The lowest BCUT2D eigenvalue weighted by Crippen LogP contribution is -2.32. The molecule has 0 aliphatic heterocycles. The van der Waals surface area contributed by atoms with Gasteiger partial charge in [0.05, 0.1) is 19.3 Å². The zero-order valence-corrected chi connectivity index (χ0v) is 20.8. The third-order valence-electron chi connectivity index (χ3n) is 6.27. The zero-order valence-electron chi connectivity index (χ0n) is 20.8. The van der Waals surface area contributed by atoms with Crippen molar-refractivity contribution in [1.29, 1.82) is 0 Å². The fourth-order valence-electron chi connectivity index (χ4n) is 4.19. The van der Waals surface area contributed by atoms with Crippen molar-refractivity contribution in [2.75, 3.05) is 5.73 Å². The van der Waals surface area contributed by atoms with Crippen LogP contribution in [0.25, 0.3) is 10.8 Å². The topological polar surface area (TPSA) is 141 Å². The molecular formula is C28H29N7O2. The summed E-state index contributed by atoms with van der Waals surface area (Å²) in [6, 6.07) is 16.8. The van der Waals surface area contributed by atoms with Gasteiger partial charge in [-0.05, 0) is 65.3 Å². The number of aromatic nitrogens is 2. The molecule has 0 fully saturated rings. The average Bonchev–Trinajstić information content (AvgIpc) is 2.89. The standard InChI is InChI=1S/C28H29N7O2/c1-18-13-23-22(10-11-32-27(23)29)19(2)24(18)15-33-28(37)25(34-30)16-31-14-20-6-8-21(9-7-20)17-35-12-4-3-5-26(35)36/h3-13,16H,14-15,17,30H2,1-2H3,(H2,29,32)(H,33,37)/b31-16?,34-25+. The number of aliphatic imine (C=N–C) groups is 1. The van der Waals surface area contributed by atoms with Gasteiger partial charge >= 0.3 is 0 Å². The van der Waals surface area contributed by atoms with Gasteiger partial charge in [0.1, 0.15) is 5.82 Å². The van der Waals surface area contributed by atoms with Crippen LogP contribution in [0, 0.1) is 13.8 Å². The number of carbonyl (C=O) groups excluding carboxylic acids is 1. The SMILES string of the molecule is Cc1cc2c(N)nccc2c(C)c1CNC(=O)/C(C=NCc1ccc(Cn2ccccc2=O)cc1)=N/N. The second-order valence-electron chi connectivity index (χ2n) is 8.74. The maximum absolute atomic E-state index is 12.7. The number of benzene rings is 2. The van der Waals surface area contributed by atoms with E-state index in [0.717, 1.165) is 38.6 Å². The lowest BCUT2D eigenvalue weighted by atomic mass is 9.96. The minimum Gasteiger partial charge on any atom is -0.383 e. The molecule has 2 heterocycles. The highest BCUT2D eigenvalue weighted by molar-refractivity contribution is 6.60. The minimum atomic E-state index is -0.414. The summed E-state index contributed by atoms with van der Waals surface area (Å²) in [7, 11) is 0. The maximum Gasteiger partial charge on any atom is 0.273 e. The molecule has 9 nitrogen and oxygen atoms in total. The van der Waals surface area contributed by atoms with Gasteiger partial charge in [0.25, 0.3) is 11.5 Å². The summed E-state index contributed by atoms with van der Waals surface area (Å²) in [5, 5.41) is 8.38. The number of hydrogen-bond donors (Lipinski definition) is 3. The Morgan fingerprint density at radius 1 is 1.08 bits per heavy atom. The predicted octanol–water partition coefficient (Wildman–Crippen LogP) is 2.85. The monoisotopic (exact) mass is 495 g/mol. The van der Waals surface area contributed by atoms with Crippen molar-refractivity contribution in [3.05, 3.63) is 105 Å². The normalized spacial score (nSPS) is 11.8. The molecular weight excluding hydrogens is 466 g/mol. The summed E-state index contributed by atoms with van der Waals surface area (Å²) in [6.45, 7) is 5.14. The molecule has 1 amide bonds. The molecule has 2 aromatic heterocycles. The van der Waals surface area contributed by atoms with Crippen molar-refractivity contribution < 1.29 is 4.79 Å². The number of amides is 1. The number of hydrogen-bond acceptors (Lipinski definition) is 7. The molecule has 0 aliphatic carbocycles. The van der Waals surface area contributed by atoms with Crippen LogP contribution in [-0.4, -0.2) is 27.4 Å². The van der Waals surface area contributed by atoms with Gasteiger partial charge in [-0.15, -0.1) is 0 Å². The molecule has 4 aromatic rings. The van der Waals surface area contributed by atoms with E-state index in [1.165, 1.54) is 12.3 Å². The molecule has 0 saturated heterocycles. The molecule has 0 saturated carbocycles. The number of nitrogen functional groups attached to an aromatic ring is 1. The number of pyridine rings is 2. The number of aryl methyl sites for hydroxylation is 2. The number of rotatable bonds is 8. The Morgan fingerprint density at radius 2 is 1.84 bits per heavy atom. The van der Waals surface area contributed by atoms with E-state index in [-0.39, 0.29) is 11.3 Å². The first-order valence-corrected chi connectivity index (χ1v) is 11.8. The average molecular weight is 496 g/mol. The molecule has 0 spiro atoms. The van der Waals surface area contributed by atoms with Crippen LogP contribution in [0.4, 0.5) is 5.82 Å². The lowest BCUT2D eigenvalue weighted by molar-refractivity contribution is -0.114. The number of carbonyl (C=O) groups is 1. The van der Waals surface area contributed by atoms with Crippen molar-refractivity contribution in [3.63, 3.8) is 0 Å². The van der Waals surface area contributed by atoms with Crippen LogP contribution in [0.15, 0.2) is 81.9 Å². The molecule has 37 heavy (non-hydrogen) atoms. The van der Waals surface area contributed by atoms with E-state index in [4.69, 9.17) is 11.6 Å². The first-order valence-electron chi connectivity index (χ1n) is 11.8. The fourth-order valence-corrected chi connectivity index (χ4v) is 4.19. The largest absolute Gasteiger partial charge is 0.383 e. The molecule has 0 atom stereocenters. The van der Waals surface area contributed by atoms with E-state index < -0.39 is 5.91 Å². The zero-order chi connectivity index (χ0) is 26.4. The Kier molecular flexibility index (Phi) is 7.73. The number of fused-ring (bicyclic) bond motifs is 1. The number of nitrogens with two attached hydrogens (primary N) is 2. The summed E-state index contributed by atoms with van der Waals surface area (Å²) < 4.78 is 1.64. The van der Waals surface area contributed by atoms with Crippen LogP contribution in [0.5, 0.6) is 0 Å². The highest BCUT2D eigenvalue weighted by Gasteiger charge is 2.13. The fraction of sp³-hybridized carbons (Fsp3) is 0.179. The molecule has 5 N–H and O–H groups in total. The Balaban J connectivity index is 1.36. The van der Waals surface area contributed by atoms with E-state index in [2.05, 4.69) is 20.4 Å². The first-order chi connectivity index (χ1) is 17.9. The van der Waals surface area contributed by atoms with Gasteiger partial charge in [-0.1, -0.05) is 30.3 Å². The van der Waals surface area contributed by atoms with Crippen molar-refractivity contribution in [2.24, 2.45) is 15.9 Å². The maximum atomic E-state index is 12.7. The van der Waals surface area contributed by atoms with Crippen LogP contribution in [0.3, 0.4) is 0 Å². The van der Waals surface area contributed by atoms with Gasteiger partial charge in [0.2, 0.25) is 0 Å². The van der Waals surface area contributed by atoms with E-state index in [1.807, 2.05) is 56.3 Å². The molecule has 4 rings (SSSR count). The number of nitrogens with zero attached hydrogens (tertiary/aromatic N) is 4. The van der Waals surface area contributed by atoms with E-state index >= 15 is 0 Å². The third-order valence-corrected chi connectivity index (χ3v) is 6.27. The number of anilines is 1. The van der Waals surface area contributed by atoms with Crippen molar-refractivity contribution >= 4 is 34.4 Å². The van der Waals surface area contributed by atoms with Gasteiger partial charge in [-0.3, -0.25) is 14.6 Å². The lowest BCUT2D eigenvalue weighted by Gasteiger charge is -2.14. The molecule has 0 unspecified atom stereocenters. The van der Waals surface area contributed by atoms with Crippen molar-refractivity contribution in [1.82, 2.24) is 14.9 Å². The van der Waals surface area contributed by atoms with Crippen molar-refractivity contribution in [2.45, 2.75) is 33.5 Å².